The lowest BCUT2D eigenvalue weighted by atomic mass is 9.92. The molecule has 1 aliphatic heterocycles. The Balaban J connectivity index is 1.92. The van der Waals surface area contributed by atoms with Crippen molar-refractivity contribution >= 4 is 5.91 Å². The van der Waals surface area contributed by atoms with Crippen molar-refractivity contribution in [2.45, 2.75) is 45.8 Å². The van der Waals surface area contributed by atoms with Gasteiger partial charge in [-0.1, -0.05) is 24.3 Å². The molecule has 2 aromatic carbocycles. The van der Waals surface area contributed by atoms with Crippen LogP contribution in [0.1, 0.15) is 55.2 Å². The van der Waals surface area contributed by atoms with Gasteiger partial charge in [-0.15, -0.1) is 0 Å². The van der Waals surface area contributed by atoms with Crippen LogP contribution >= 0.6 is 0 Å². The van der Waals surface area contributed by atoms with Crippen molar-refractivity contribution in [2.24, 2.45) is 0 Å². The van der Waals surface area contributed by atoms with Crippen LogP contribution in [-0.2, 0) is 4.74 Å². The summed E-state index contributed by atoms with van der Waals surface area (Å²) in [6.07, 6.45) is 0. The largest absolute Gasteiger partial charge is 0.508 e. The molecule has 3 rings (SSSR count). The lowest BCUT2D eigenvalue weighted by molar-refractivity contribution is 0.00584. The molecule has 0 aliphatic carbocycles. The van der Waals surface area contributed by atoms with Gasteiger partial charge < -0.3 is 14.7 Å². The number of hydrogen-bond donors (Lipinski definition) is 1. The number of ether oxygens (including phenoxy) is 1. The second-order valence-corrected chi connectivity index (χ2v) is 8.84. The van der Waals surface area contributed by atoms with Gasteiger partial charge in [0.25, 0.3) is 5.91 Å². The van der Waals surface area contributed by atoms with Gasteiger partial charge in [0.05, 0.1) is 12.6 Å². The highest BCUT2D eigenvalue weighted by atomic mass is 16.5. The van der Waals surface area contributed by atoms with Crippen LogP contribution < -0.4 is 0 Å². The van der Waals surface area contributed by atoms with Gasteiger partial charge in [0.2, 0.25) is 0 Å². The molecular formula is C27H39N3O3. The summed E-state index contributed by atoms with van der Waals surface area (Å²) >= 11 is 0. The molecule has 0 saturated carbocycles. The molecule has 6 nitrogen and oxygen atoms in total. The number of rotatable bonds is 9. The average molecular weight is 454 g/mol. The Morgan fingerprint density at radius 1 is 1.06 bits per heavy atom. The Hall–Kier alpha value is -2.41. The molecule has 1 N–H and O–H groups in total. The van der Waals surface area contributed by atoms with Crippen LogP contribution in [0, 0.1) is 0 Å². The number of hydrogen-bond acceptors (Lipinski definition) is 5. The summed E-state index contributed by atoms with van der Waals surface area (Å²) in [4.78, 5) is 19.6. The number of piperazine rings is 1. The Morgan fingerprint density at radius 3 is 2.36 bits per heavy atom. The first-order valence-corrected chi connectivity index (χ1v) is 12.1. The molecule has 0 bridgehead atoms. The fraction of sp³-hybridized carbons (Fsp3) is 0.519. The van der Waals surface area contributed by atoms with Crippen LogP contribution in [0.3, 0.4) is 0 Å². The number of amides is 1. The zero-order valence-corrected chi connectivity index (χ0v) is 20.7. The molecule has 1 fully saturated rings. The fourth-order valence-electron chi connectivity index (χ4n) is 4.89. The first-order valence-electron chi connectivity index (χ1n) is 12.1. The van der Waals surface area contributed by atoms with Gasteiger partial charge in [-0.2, -0.15) is 0 Å². The molecule has 180 valence electrons. The molecule has 1 unspecified atom stereocenters. The summed E-state index contributed by atoms with van der Waals surface area (Å²) in [6, 6.07) is 16.2. The van der Waals surface area contributed by atoms with Crippen LogP contribution in [0.2, 0.25) is 0 Å². The Labute approximate surface area is 198 Å². The van der Waals surface area contributed by atoms with Crippen LogP contribution in [0.5, 0.6) is 5.75 Å². The van der Waals surface area contributed by atoms with Gasteiger partial charge in [-0.05, 0) is 63.1 Å². The minimum absolute atomic E-state index is 0.00303. The molecule has 1 saturated heterocycles. The van der Waals surface area contributed by atoms with E-state index in [4.69, 9.17) is 4.74 Å². The number of phenolic OH excluding ortho intramolecular Hbond substituents is 1. The lowest BCUT2D eigenvalue weighted by Gasteiger charge is -2.48. The third-order valence-electron chi connectivity index (χ3n) is 7.07. The monoisotopic (exact) mass is 453 g/mol. The molecule has 1 heterocycles. The zero-order chi connectivity index (χ0) is 24.0. The molecule has 1 amide bonds. The standard InChI is InChI=1S/C27H39N3O3/c1-6-28(7-2)27(32)23-13-11-22(12-14-23)26(24-9-8-10-25(31)19-24)30-16-15-29(17-18-33-5)20(3)21(30)4/h8-14,19-21,26,31H,6-7,15-18H2,1-5H3/t20?,21-,26+/m0/s1. The van der Waals surface area contributed by atoms with Crippen molar-refractivity contribution in [3.63, 3.8) is 0 Å². The lowest BCUT2D eigenvalue weighted by Crippen LogP contribution is -2.58. The number of phenols is 1. The molecule has 0 spiro atoms. The summed E-state index contributed by atoms with van der Waals surface area (Å²) in [7, 11) is 1.75. The third-order valence-corrected chi connectivity index (χ3v) is 7.07. The van der Waals surface area contributed by atoms with Gasteiger partial charge in [0, 0.05) is 57.5 Å². The molecule has 6 heteroatoms. The summed E-state index contributed by atoms with van der Waals surface area (Å²) in [5, 5.41) is 10.2. The first-order chi connectivity index (χ1) is 15.9. The highest BCUT2D eigenvalue weighted by molar-refractivity contribution is 5.94. The Morgan fingerprint density at radius 2 is 1.76 bits per heavy atom. The highest BCUT2D eigenvalue weighted by Gasteiger charge is 2.35. The van der Waals surface area contributed by atoms with E-state index in [0.29, 0.717) is 30.7 Å². The van der Waals surface area contributed by atoms with E-state index < -0.39 is 0 Å². The number of aromatic hydroxyl groups is 1. The molecule has 1 aliphatic rings. The number of methoxy groups -OCH3 is 1. The van der Waals surface area contributed by atoms with Crippen LogP contribution in [-0.4, -0.2) is 84.2 Å². The fourth-order valence-corrected chi connectivity index (χ4v) is 4.89. The van der Waals surface area contributed by atoms with E-state index in [0.717, 1.165) is 37.4 Å². The number of carbonyl (C=O) groups is 1. The van der Waals surface area contributed by atoms with Crippen molar-refractivity contribution in [3.8, 4) is 5.75 Å². The predicted molar refractivity (Wildman–Crippen MR) is 133 cm³/mol. The van der Waals surface area contributed by atoms with Gasteiger partial charge in [0.15, 0.2) is 0 Å². The van der Waals surface area contributed by atoms with Crippen molar-refractivity contribution < 1.29 is 14.6 Å². The maximum Gasteiger partial charge on any atom is 0.253 e. The van der Waals surface area contributed by atoms with Gasteiger partial charge >= 0.3 is 0 Å². The number of benzene rings is 2. The highest BCUT2D eigenvalue weighted by Crippen LogP contribution is 2.35. The molecule has 3 atom stereocenters. The van der Waals surface area contributed by atoms with Crippen LogP contribution in [0.25, 0.3) is 0 Å². The summed E-state index contributed by atoms with van der Waals surface area (Å²) in [5.74, 6) is 0.333. The van der Waals surface area contributed by atoms with Crippen LogP contribution in [0.4, 0.5) is 0 Å². The van der Waals surface area contributed by atoms with E-state index in [1.165, 1.54) is 0 Å². The average Bonchev–Trinajstić information content (AvgIpc) is 2.82. The molecule has 2 aromatic rings. The molecular weight excluding hydrogens is 414 g/mol. The minimum Gasteiger partial charge on any atom is -0.508 e. The number of carbonyl (C=O) groups excluding carboxylic acids is 1. The van der Waals surface area contributed by atoms with Gasteiger partial charge in [-0.3, -0.25) is 14.6 Å². The SMILES string of the molecule is CCN(CC)C(=O)c1ccc([C@H](c2cccc(O)c2)N2CCN(CCOC)C(C)[C@@H]2C)cc1. The van der Waals surface area contributed by atoms with E-state index >= 15 is 0 Å². The second-order valence-electron chi connectivity index (χ2n) is 8.84. The summed E-state index contributed by atoms with van der Waals surface area (Å²) in [5.41, 5.74) is 2.89. The van der Waals surface area contributed by atoms with E-state index in [1.54, 1.807) is 13.2 Å². The summed E-state index contributed by atoms with van der Waals surface area (Å²) in [6.45, 7) is 13.5. The quantitative estimate of drug-likeness (QED) is 0.622. The Bertz CT molecular complexity index is 898. The maximum atomic E-state index is 12.8. The maximum absolute atomic E-state index is 12.8. The van der Waals surface area contributed by atoms with Crippen molar-refractivity contribution in [1.82, 2.24) is 14.7 Å². The topological polar surface area (TPSA) is 56.3 Å². The van der Waals surface area contributed by atoms with Crippen molar-refractivity contribution in [3.05, 3.63) is 65.2 Å². The Kier molecular flexibility index (Phi) is 8.89. The predicted octanol–water partition coefficient (Wildman–Crippen LogP) is 4.00. The molecule has 0 aromatic heterocycles. The molecule has 33 heavy (non-hydrogen) atoms. The zero-order valence-electron chi connectivity index (χ0n) is 20.7. The minimum atomic E-state index is -0.00303. The smallest absolute Gasteiger partial charge is 0.253 e. The number of nitrogens with zero attached hydrogens (tertiary/aromatic N) is 3. The van der Waals surface area contributed by atoms with Gasteiger partial charge in [0.1, 0.15) is 5.75 Å². The van der Waals surface area contributed by atoms with E-state index in [9.17, 15) is 9.90 Å². The van der Waals surface area contributed by atoms with Crippen molar-refractivity contribution in [2.75, 3.05) is 46.4 Å². The van der Waals surface area contributed by atoms with E-state index in [2.05, 4.69) is 41.8 Å². The second kappa shape index (κ2) is 11.6. The summed E-state index contributed by atoms with van der Waals surface area (Å²) < 4.78 is 5.30. The van der Waals surface area contributed by atoms with E-state index in [-0.39, 0.29) is 17.7 Å². The molecule has 0 radical (unpaired) electrons. The van der Waals surface area contributed by atoms with Crippen molar-refractivity contribution in [1.29, 1.82) is 0 Å². The normalized spacial score (nSPS) is 20.5. The van der Waals surface area contributed by atoms with Crippen LogP contribution in [0.15, 0.2) is 48.5 Å². The van der Waals surface area contributed by atoms with Gasteiger partial charge in [-0.25, -0.2) is 0 Å². The third kappa shape index (κ3) is 5.75. The first kappa shape index (κ1) is 25.2. The van der Waals surface area contributed by atoms with E-state index in [1.807, 2.05) is 43.0 Å².